The molecule has 1 rings (SSSR count). The predicted molar refractivity (Wildman–Crippen MR) is 89.7 cm³/mol. The molecule has 0 aliphatic heterocycles. The van der Waals surface area contributed by atoms with Crippen molar-refractivity contribution in [1.29, 1.82) is 0 Å². The van der Waals surface area contributed by atoms with Crippen LogP contribution in [0.5, 0.6) is 0 Å². The van der Waals surface area contributed by atoms with Gasteiger partial charge in [0.25, 0.3) is 23.9 Å². The van der Waals surface area contributed by atoms with Gasteiger partial charge in [-0.1, -0.05) is 30.3 Å². The number of aliphatic carboxylic acids is 4. The van der Waals surface area contributed by atoms with E-state index in [1.165, 1.54) is 0 Å². The van der Waals surface area contributed by atoms with E-state index in [2.05, 4.69) is 0 Å². The highest BCUT2D eigenvalue weighted by Crippen LogP contribution is 1.97. The fourth-order valence-electron chi connectivity index (χ4n) is 0.673. The van der Waals surface area contributed by atoms with Gasteiger partial charge in [0, 0.05) is 33.3 Å². The number of carboxylic acid groups (broad SMARTS) is 4. The molecule has 0 bridgehead atoms. The maximum absolute atomic E-state index is 10.6. The summed E-state index contributed by atoms with van der Waals surface area (Å²) < 4.78 is 0. The van der Waals surface area contributed by atoms with Gasteiger partial charge >= 0.3 is 0 Å². The van der Waals surface area contributed by atoms with Crippen LogP contribution in [-0.4, -0.2) is 50.1 Å². The first kappa shape index (κ1) is 29.7. The number of rotatable bonds is 1. The molecule has 0 amide bonds. The molecule has 0 radical (unpaired) electrons. The first-order valence-electron chi connectivity index (χ1n) is 6.58. The Morgan fingerprint density at radius 2 is 0.760 bits per heavy atom. The molecule has 0 saturated heterocycles. The molecule has 0 heterocycles. The largest absolute Gasteiger partial charge is 0.481 e. The lowest BCUT2D eigenvalue weighted by Crippen LogP contribution is -1.88. The van der Waals surface area contributed by atoms with Crippen LogP contribution < -0.4 is 0 Å². The van der Waals surface area contributed by atoms with Crippen molar-refractivity contribution in [1.82, 2.24) is 0 Å². The van der Waals surface area contributed by atoms with Crippen LogP contribution in [0.25, 0.3) is 0 Å². The first-order chi connectivity index (χ1) is 11.2. The zero-order chi connectivity index (χ0) is 21.0. The lowest BCUT2D eigenvalue weighted by Gasteiger charge is -1.89. The molecule has 0 aliphatic rings. The quantitative estimate of drug-likeness (QED) is 0.549. The molecule has 0 aliphatic carbocycles. The molecule has 0 atom stereocenters. The van der Waals surface area contributed by atoms with E-state index in [1.807, 2.05) is 30.3 Å². The number of hydrogen-bond acceptors (Lipinski definition) is 5. The van der Waals surface area contributed by atoms with Crippen LogP contribution in [0.2, 0.25) is 0 Å². The van der Waals surface area contributed by atoms with Crippen LogP contribution in [0.3, 0.4) is 0 Å². The van der Waals surface area contributed by atoms with E-state index in [0.29, 0.717) is 0 Å². The summed E-state index contributed by atoms with van der Waals surface area (Å²) in [5.74, 6) is -3.21. The Balaban J connectivity index is -0.000000119. The van der Waals surface area contributed by atoms with Crippen LogP contribution in [0.4, 0.5) is 0 Å². The summed E-state index contributed by atoms with van der Waals surface area (Å²) in [4.78, 5) is 46.6. The molecule has 142 valence electrons. The monoisotopic (exact) mass is 360 g/mol. The van der Waals surface area contributed by atoms with Crippen molar-refractivity contribution in [2.75, 3.05) is 0 Å². The lowest BCUT2D eigenvalue weighted by molar-refractivity contribution is -0.135. The molecule has 0 unspecified atom stereocenters. The number of carbonyl (C=O) groups is 5. The topological polar surface area (TPSA) is 166 Å². The molecule has 0 saturated carbocycles. The zero-order valence-electron chi connectivity index (χ0n) is 14.7. The molecule has 9 nitrogen and oxygen atoms in total. The fraction of sp³-hybridized carbons (Fsp3) is 0.312. The van der Waals surface area contributed by atoms with Crippen LogP contribution in [0.15, 0.2) is 30.3 Å². The van der Waals surface area contributed by atoms with Crippen molar-refractivity contribution in [3.05, 3.63) is 35.9 Å². The number of carbonyl (C=O) groups excluding carboxylic acids is 1. The van der Waals surface area contributed by atoms with E-state index in [1.54, 1.807) is 6.92 Å². The van der Waals surface area contributed by atoms with E-state index < -0.39 is 23.9 Å². The summed E-state index contributed by atoms with van der Waals surface area (Å²) in [5, 5.41) is 29.7. The minimum Gasteiger partial charge on any atom is -0.481 e. The summed E-state index contributed by atoms with van der Waals surface area (Å²) in [7, 11) is 0. The van der Waals surface area contributed by atoms with Crippen LogP contribution in [-0.2, 0) is 19.2 Å². The van der Waals surface area contributed by atoms with Crippen LogP contribution in [0.1, 0.15) is 45.0 Å². The van der Waals surface area contributed by atoms with E-state index in [4.69, 9.17) is 39.6 Å². The summed E-state index contributed by atoms with van der Waals surface area (Å²) in [6.07, 6.45) is 0. The van der Waals surface area contributed by atoms with Gasteiger partial charge in [0.1, 0.15) is 0 Å². The van der Waals surface area contributed by atoms with Gasteiger partial charge in [-0.3, -0.25) is 24.0 Å². The number of benzene rings is 1. The highest BCUT2D eigenvalue weighted by atomic mass is 16.4. The second-order valence-electron chi connectivity index (χ2n) is 4.00. The minimum atomic E-state index is -0.833. The normalized spacial score (nSPS) is 7.24. The second-order valence-corrected chi connectivity index (χ2v) is 4.00. The Labute approximate surface area is 145 Å². The molecular weight excluding hydrogens is 336 g/mol. The fourth-order valence-corrected chi connectivity index (χ4v) is 0.673. The molecule has 4 N–H and O–H groups in total. The molecule has 0 fully saturated rings. The average molecular weight is 360 g/mol. The average Bonchev–Trinajstić information content (AvgIpc) is 2.37. The summed E-state index contributed by atoms with van der Waals surface area (Å²) in [6.45, 7) is 5.90. The Morgan fingerprint density at radius 3 is 0.880 bits per heavy atom. The SMILES string of the molecule is CC(=O)O.CC(=O)O.CC(=O)O.CC(=O)O.CC(=O)c1ccccc1. The van der Waals surface area contributed by atoms with Gasteiger partial charge in [-0.15, -0.1) is 0 Å². The Bertz CT molecular complexity index is 458. The van der Waals surface area contributed by atoms with Gasteiger partial charge in [0.2, 0.25) is 0 Å². The maximum Gasteiger partial charge on any atom is 0.300 e. The van der Waals surface area contributed by atoms with Gasteiger partial charge in [-0.25, -0.2) is 0 Å². The molecule has 9 heteroatoms. The first-order valence-corrected chi connectivity index (χ1v) is 6.58. The third kappa shape index (κ3) is 95.1. The number of ketones is 1. The molecule has 0 aromatic heterocycles. The van der Waals surface area contributed by atoms with Crippen molar-refractivity contribution in [2.24, 2.45) is 0 Å². The predicted octanol–water partition coefficient (Wildman–Crippen LogP) is 2.25. The van der Waals surface area contributed by atoms with Gasteiger partial charge in [0.15, 0.2) is 5.78 Å². The zero-order valence-corrected chi connectivity index (χ0v) is 14.7. The Morgan fingerprint density at radius 1 is 0.560 bits per heavy atom. The standard InChI is InChI=1S/C8H8O.4C2H4O2/c1-7(9)8-5-3-2-4-6-8;4*1-2(3)4/h2-6H,1H3;4*1H3,(H,3,4). The van der Waals surface area contributed by atoms with E-state index >= 15 is 0 Å². The maximum atomic E-state index is 10.6. The molecule has 1 aromatic carbocycles. The highest BCUT2D eigenvalue weighted by Gasteiger charge is 1.92. The lowest BCUT2D eigenvalue weighted by atomic mass is 10.2. The molecule has 0 spiro atoms. The van der Waals surface area contributed by atoms with Gasteiger partial charge in [0.05, 0.1) is 0 Å². The molecular formula is C16H24O9. The van der Waals surface area contributed by atoms with Crippen molar-refractivity contribution >= 4 is 29.7 Å². The van der Waals surface area contributed by atoms with Crippen molar-refractivity contribution in [3.63, 3.8) is 0 Å². The Hall–Kier alpha value is -3.23. The summed E-state index contributed by atoms with van der Waals surface area (Å²) in [6, 6.07) is 9.23. The number of hydrogen-bond donors (Lipinski definition) is 4. The van der Waals surface area contributed by atoms with Crippen molar-refractivity contribution in [2.45, 2.75) is 34.6 Å². The minimum absolute atomic E-state index is 0.121. The van der Waals surface area contributed by atoms with Crippen molar-refractivity contribution < 1.29 is 44.4 Å². The third-order valence-electron chi connectivity index (χ3n) is 1.18. The molecule has 25 heavy (non-hydrogen) atoms. The summed E-state index contributed by atoms with van der Waals surface area (Å²) in [5.41, 5.74) is 0.775. The van der Waals surface area contributed by atoms with E-state index in [9.17, 15) is 4.79 Å². The number of carboxylic acids is 4. The Kier molecular flexibility index (Phi) is 24.7. The van der Waals surface area contributed by atoms with Gasteiger partial charge in [-0.05, 0) is 6.92 Å². The highest BCUT2D eigenvalue weighted by molar-refractivity contribution is 5.93. The van der Waals surface area contributed by atoms with E-state index in [0.717, 1.165) is 33.3 Å². The third-order valence-corrected chi connectivity index (χ3v) is 1.18. The van der Waals surface area contributed by atoms with Crippen LogP contribution in [0, 0.1) is 0 Å². The molecule has 1 aromatic rings. The van der Waals surface area contributed by atoms with Crippen LogP contribution >= 0.6 is 0 Å². The number of Topliss-reactive ketones (excluding diaryl/α,β-unsaturated/α-hetero) is 1. The van der Waals surface area contributed by atoms with E-state index in [-0.39, 0.29) is 5.78 Å². The van der Waals surface area contributed by atoms with Gasteiger partial charge in [-0.2, -0.15) is 0 Å². The second kappa shape index (κ2) is 20.8. The van der Waals surface area contributed by atoms with Crippen molar-refractivity contribution in [3.8, 4) is 0 Å². The smallest absolute Gasteiger partial charge is 0.300 e. The summed E-state index contributed by atoms with van der Waals surface area (Å²) >= 11 is 0. The van der Waals surface area contributed by atoms with Gasteiger partial charge < -0.3 is 20.4 Å².